The molecule has 0 rings (SSSR count). The third-order valence-corrected chi connectivity index (χ3v) is 6.38. The van der Waals surface area contributed by atoms with E-state index in [1.165, 1.54) is 6.08 Å². The highest BCUT2D eigenvalue weighted by atomic mass is 16.4. The third kappa shape index (κ3) is 29.3. The Morgan fingerprint density at radius 1 is 0.783 bits per heavy atom. The van der Waals surface area contributed by atoms with Crippen LogP contribution in [0.4, 0.5) is 0 Å². The number of allylic oxidation sites excluding steroid dienone is 8. The van der Waals surface area contributed by atoms with E-state index in [0.717, 1.165) is 38.8 Å². The lowest BCUT2D eigenvalue weighted by molar-refractivity contribution is -0.369. The fraction of sp³-hybridized carbons (Fsp3) is 0.559. The van der Waals surface area contributed by atoms with Gasteiger partial charge in [-0.1, -0.05) is 79.8 Å². The van der Waals surface area contributed by atoms with Crippen LogP contribution < -0.4 is 32.7 Å². The van der Waals surface area contributed by atoms with Gasteiger partial charge >= 0.3 is 0 Å². The first-order valence-electron chi connectivity index (χ1n) is 16.1. The largest absolute Gasteiger partial charge is 0.550 e. The van der Waals surface area contributed by atoms with Crippen LogP contribution in [0.2, 0.25) is 0 Å². The SMILES string of the molecule is CC/C=C\C[C@H](O)[C@H](O)/C=C/C=C/C=C\C=C\[C@@H](O)C/C=C\CCC(=O)[O-].N[C@@H](CCCC[NH3+])C(=O)N[C@@H](CCCC[NH3+])C(=O)[O-]. The maximum absolute atomic E-state index is 11.7. The number of hydrogen-bond donors (Lipinski definition) is 7. The predicted molar refractivity (Wildman–Crippen MR) is 175 cm³/mol. The minimum atomic E-state index is -1.26. The van der Waals surface area contributed by atoms with Gasteiger partial charge in [0, 0.05) is 5.97 Å². The molecule has 262 valence electrons. The molecule has 0 aliphatic carbocycles. The number of amides is 1. The fourth-order valence-electron chi connectivity index (χ4n) is 3.66. The number of hydrogen-bond acceptors (Lipinski definition) is 9. The molecule has 0 saturated carbocycles. The second-order valence-electron chi connectivity index (χ2n) is 10.6. The molecule has 46 heavy (non-hydrogen) atoms. The maximum Gasteiger partial charge on any atom is 0.237 e. The molecule has 1 amide bonds. The van der Waals surface area contributed by atoms with Crippen molar-refractivity contribution in [1.82, 2.24) is 5.32 Å². The molecule has 0 unspecified atom stereocenters. The van der Waals surface area contributed by atoms with Gasteiger partial charge in [0.05, 0.1) is 49.5 Å². The van der Waals surface area contributed by atoms with Gasteiger partial charge in [-0.15, -0.1) is 0 Å². The Hall–Kier alpha value is -3.39. The van der Waals surface area contributed by atoms with Gasteiger partial charge in [-0.25, -0.2) is 0 Å². The van der Waals surface area contributed by atoms with Gasteiger partial charge in [-0.3, -0.25) is 4.79 Å². The van der Waals surface area contributed by atoms with Crippen LogP contribution >= 0.6 is 0 Å². The summed E-state index contributed by atoms with van der Waals surface area (Å²) < 4.78 is 0. The van der Waals surface area contributed by atoms with Crippen LogP contribution in [0.5, 0.6) is 0 Å². The van der Waals surface area contributed by atoms with Crippen LogP contribution in [-0.4, -0.2) is 76.7 Å². The Bertz CT molecular complexity index is 978. The van der Waals surface area contributed by atoms with Crippen LogP contribution in [-0.2, 0) is 14.4 Å². The van der Waals surface area contributed by atoms with E-state index >= 15 is 0 Å². The molecule has 5 atom stereocenters. The number of quaternary nitrogens is 2. The van der Waals surface area contributed by atoms with Crippen LogP contribution in [0.3, 0.4) is 0 Å². The van der Waals surface area contributed by atoms with E-state index in [0.29, 0.717) is 38.5 Å². The van der Waals surface area contributed by atoms with E-state index in [1.54, 1.807) is 54.7 Å². The summed E-state index contributed by atoms with van der Waals surface area (Å²) in [5.41, 5.74) is 13.1. The molecule has 12 N–H and O–H groups in total. The number of rotatable bonds is 25. The summed E-state index contributed by atoms with van der Waals surface area (Å²) in [4.78, 5) is 32.9. The summed E-state index contributed by atoms with van der Waals surface area (Å²) >= 11 is 0. The summed E-state index contributed by atoms with van der Waals surface area (Å²) in [5, 5.41) is 52.8. The van der Waals surface area contributed by atoms with Crippen molar-refractivity contribution in [2.24, 2.45) is 5.73 Å². The molecule has 0 bridgehead atoms. The Morgan fingerprint density at radius 2 is 1.35 bits per heavy atom. The van der Waals surface area contributed by atoms with Gasteiger partial charge in [0.15, 0.2) is 0 Å². The highest BCUT2D eigenvalue weighted by Gasteiger charge is 2.18. The summed E-state index contributed by atoms with van der Waals surface area (Å²) in [6.07, 6.45) is 24.7. The quantitative estimate of drug-likeness (QED) is 0.0344. The first-order chi connectivity index (χ1) is 22.0. The van der Waals surface area contributed by atoms with Crippen LogP contribution in [0.15, 0.2) is 72.9 Å². The van der Waals surface area contributed by atoms with E-state index < -0.39 is 48.2 Å². The predicted octanol–water partition coefficient (Wildman–Crippen LogP) is -1.50. The van der Waals surface area contributed by atoms with Crippen molar-refractivity contribution >= 4 is 17.8 Å². The van der Waals surface area contributed by atoms with E-state index in [2.05, 4.69) is 16.8 Å². The number of aliphatic hydroxyl groups is 3. The highest BCUT2D eigenvalue weighted by molar-refractivity contribution is 5.86. The summed E-state index contributed by atoms with van der Waals surface area (Å²) in [7, 11) is 0. The van der Waals surface area contributed by atoms with Crippen LogP contribution in [0.1, 0.15) is 77.6 Å². The average molecular weight is 651 g/mol. The van der Waals surface area contributed by atoms with Crippen LogP contribution in [0, 0.1) is 0 Å². The second kappa shape index (κ2) is 31.6. The fourth-order valence-corrected chi connectivity index (χ4v) is 3.66. The molecular formula is C34H58N4O8. The molecule has 0 fully saturated rings. The number of carbonyl (C=O) groups is 3. The maximum atomic E-state index is 11.7. The van der Waals surface area contributed by atoms with E-state index in [1.807, 2.05) is 19.1 Å². The van der Waals surface area contributed by atoms with Crippen molar-refractivity contribution in [2.45, 2.75) is 108 Å². The minimum absolute atomic E-state index is 0.0160. The lowest BCUT2D eigenvalue weighted by atomic mass is 10.1. The Morgan fingerprint density at radius 3 is 1.91 bits per heavy atom. The monoisotopic (exact) mass is 650 g/mol. The van der Waals surface area contributed by atoms with Gasteiger partial charge in [0.2, 0.25) is 5.91 Å². The number of carboxylic acids is 2. The van der Waals surface area contributed by atoms with Gasteiger partial charge in [0.25, 0.3) is 0 Å². The number of carboxylic acid groups (broad SMARTS) is 2. The summed E-state index contributed by atoms with van der Waals surface area (Å²) in [5.74, 6) is -2.77. The molecule has 12 nitrogen and oxygen atoms in total. The van der Waals surface area contributed by atoms with Crippen molar-refractivity contribution in [2.75, 3.05) is 13.1 Å². The zero-order valence-electron chi connectivity index (χ0n) is 27.4. The van der Waals surface area contributed by atoms with Gasteiger partial charge in [-0.05, 0) is 70.6 Å². The number of carbonyl (C=O) groups excluding carboxylic acids is 3. The van der Waals surface area contributed by atoms with Crippen LogP contribution in [0.25, 0.3) is 0 Å². The Labute approximate surface area is 274 Å². The van der Waals surface area contributed by atoms with Crippen molar-refractivity contribution in [1.29, 1.82) is 0 Å². The smallest absolute Gasteiger partial charge is 0.237 e. The molecule has 0 spiro atoms. The minimum Gasteiger partial charge on any atom is -0.550 e. The molecule has 12 heteroatoms. The molecule has 0 aromatic heterocycles. The third-order valence-electron chi connectivity index (χ3n) is 6.38. The Balaban J connectivity index is 0. The lowest BCUT2D eigenvalue weighted by Crippen LogP contribution is -2.53. The normalized spacial score (nSPS) is 15.5. The van der Waals surface area contributed by atoms with E-state index in [-0.39, 0.29) is 6.42 Å². The average Bonchev–Trinajstić information content (AvgIpc) is 3.01. The number of unbranched alkanes of at least 4 members (excludes halogenated alkanes) is 2. The van der Waals surface area contributed by atoms with Crippen molar-refractivity contribution in [3.8, 4) is 0 Å². The molecule has 0 aliphatic rings. The number of aliphatic carboxylic acids is 2. The van der Waals surface area contributed by atoms with E-state index in [9.17, 15) is 39.9 Å². The zero-order valence-corrected chi connectivity index (χ0v) is 27.4. The first-order valence-corrected chi connectivity index (χ1v) is 16.1. The second-order valence-corrected chi connectivity index (χ2v) is 10.6. The first kappa shape index (κ1) is 44.7. The van der Waals surface area contributed by atoms with Gasteiger partial charge in [-0.2, -0.15) is 0 Å². The zero-order chi connectivity index (χ0) is 35.0. The molecular weight excluding hydrogens is 592 g/mol. The molecule has 0 saturated heterocycles. The molecule has 0 radical (unpaired) electrons. The van der Waals surface area contributed by atoms with Gasteiger partial charge < -0.3 is 57.6 Å². The lowest BCUT2D eigenvalue weighted by Gasteiger charge is -2.21. The van der Waals surface area contributed by atoms with E-state index in [4.69, 9.17) is 5.73 Å². The van der Waals surface area contributed by atoms with Crippen molar-refractivity contribution < 1.29 is 51.4 Å². The number of nitrogens with one attached hydrogen (secondary N) is 1. The molecule has 0 aliphatic heterocycles. The molecule has 0 aromatic rings. The van der Waals surface area contributed by atoms with Crippen molar-refractivity contribution in [3.63, 3.8) is 0 Å². The molecule has 0 aromatic carbocycles. The standard InChI is InChI=1S/C22H32O5.C12H26N4O3/c1-2-3-9-16-20(24)21(25)17-12-7-5-4-6-10-14-19(23)15-11-8-13-18-22(26)27;13-7-3-1-5-9(15)11(17)16-10(12(18)19)6-2-4-8-14/h3-12,14,17,19-21,23-25H,2,13,15-16,18H2,1H3,(H,26,27);9-10H,1-8,13-15H2,(H,16,17)(H,18,19)/b6-4-,7-5+,9-3-,11-8-,14-10+,17-12+;/t19-,20+,21-;9-,10-/m10/s1. The summed E-state index contributed by atoms with van der Waals surface area (Å²) in [6.45, 7) is 3.56. The number of aliphatic hydroxyl groups excluding tert-OH is 3. The Kier molecular flexibility index (Phi) is 30.7. The van der Waals surface area contributed by atoms with Gasteiger partial charge in [0.1, 0.15) is 0 Å². The summed E-state index contributed by atoms with van der Waals surface area (Å²) in [6, 6.07) is -1.63. The number of nitrogens with two attached hydrogens (primary N) is 1. The highest BCUT2D eigenvalue weighted by Crippen LogP contribution is 2.04. The topological polar surface area (TPSA) is 251 Å². The molecule has 0 heterocycles. The van der Waals surface area contributed by atoms with Crippen molar-refractivity contribution in [3.05, 3.63) is 72.9 Å².